The van der Waals surface area contributed by atoms with Crippen molar-refractivity contribution in [2.24, 2.45) is 5.92 Å². The van der Waals surface area contributed by atoms with Crippen LogP contribution in [0, 0.1) is 5.92 Å². The zero-order valence-corrected chi connectivity index (χ0v) is 10.1. The van der Waals surface area contributed by atoms with Gasteiger partial charge in [-0.15, -0.1) is 0 Å². The van der Waals surface area contributed by atoms with Gasteiger partial charge in [-0.25, -0.2) is 43.9 Å². The van der Waals surface area contributed by atoms with E-state index in [-0.39, 0.29) is 0 Å². The van der Waals surface area contributed by atoms with E-state index >= 15 is 0 Å². The molecule has 2 rings (SSSR count). The van der Waals surface area contributed by atoms with Crippen LogP contribution in [0.15, 0.2) is 46.4 Å². The van der Waals surface area contributed by atoms with Crippen LogP contribution >= 0.6 is 0 Å². The molecule has 0 spiro atoms. The average molecular weight is 338 g/mol. The first-order valence-corrected chi connectivity index (χ1v) is 5.59. The van der Waals surface area contributed by atoms with Crippen LogP contribution in [0.5, 0.6) is 0 Å². The van der Waals surface area contributed by atoms with Crippen molar-refractivity contribution in [3.05, 3.63) is 46.4 Å². The molecule has 0 saturated carbocycles. The van der Waals surface area contributed by atoms with Gasteiger partial charge in [0.15, 0.2) is 47.6 Å². The second-order valence-electron chi connectivity index (χ2n) is 4.43. The van der Waals surface area contributed by atoms with Crippen molar-refractivity contribution in [1.82, 2.24) is 0 Å². The lowest BCUT2D eigenvalue weighted by Crippen LogP contribution is -2.32. The van der Waals surface area contributed by atoms with Crippen LogP contribution in [0.3, 0.4) is 0 Å². The number of hydrogen-bond donors (Lipinski definition) is 0. The average Bonchev–Trinajstić information content (AvgIpc) is 2.50. The predicted octanol–water partition coefficient (Wildman–Crippen LogP) is 5.32. The van der Waals surface area contributed by atoms with Crippen molar-refractivity contribution in [3.63, 3.8) is 0 Å². The minimum Gasteiger partial charge on any atom is -0.238 e. The molecule has 0 saturated heterocycles. The summed E-state index contributed by atoms with van der Waals surface area (Å²) in [6.45, 7) is 0. The van der Waals surface area contributed by atoms with Gasteiger partial charge in [0.1, 0.15) is 11.7 Å². The Bertz CT molecular complexity index is 640. The molecule has 0 aromatic heterocycles. The first-order chi connectivity index (χ1) is 10.1. The summed E-state index contributed by atoms with van der Waals surface area (Å²) in [6.07, 6.45) is -10.4. The van der Waals surface area contributed by atoms with Gasteiger partial charge in [0, 0.05) is 5.57 Å². The van der Waals surface area contributed by atoms with Crippen molar-refractivity contribution >= 4 is 0 Å². The Balaban J connectivity index is 2.66. The number of alkyl halides is 3. The van der Waals surface area contributed by atoms with E-state index in [4.69, 9.17) is 0 Å². The van der Waals surface area contributed by atoms with Crippen molar-refractivity contribution in [2.45, 2.75) is 18.5 Å². The highest BCUT2D eigenvalue weighted by atomic mass is 19.2. The summed E-state index contributed by atoms with van der Waals surface area (Å²) in [6, 6.07) is 0. The maximum atomic E-state index is 13.6. The maximum absolute atomic E-state index is 13.6. The van der Waals surface area contributed by atoms with E-state index in [1.54, 1.807) is 0 Å². The number of rotatable bonds is 1. The Hall–Kier alpha value is -1.74. The highest BCUT2D eigenvalue weighted by molar-refractivity contribution is 5.48. The molecule has 10 heteroatoms. The minimum absolute atomic E-state index is 2.08. The fourth-order valence-electron chi connectivity index (χ4n) is 2.06. The van der Waals surface area contributed by atoms with Gasteiger partial charge in [-0.2, -0.15) is 0 Å². The van der Waals surface area contributed by atoms with Crippen LogP contribution in [-0.2, 0) is 0 Å². The Morgan fingerprint density at radius 3 is 1.41 bits per heavy atom. The number of allylic oxidation sites excluding steroid dienone is 8. The first kappa shape index (κ1) is 16.6. The van der Waals surface area contributed by atoms with Crippen molar-refractivity contribution in [3.8, 4) is 0 Å². The van der Waals surface area contributed by atoms with Crippen LogP contribution < -0.4 is 0 Å². The van der Waals surface area contributed by atoms with Gasteiger partial charge in [-0.3, -0.25) is 0 Å². The molecule has 0 N–H and O–H groups in total. The molecule has 0 bridgehead atoms. The molecule has 22 heavy (non-hydrogen) atoms. The van der Waals surface area contributed by atoms with Gasteiger partial charge in [-0.1, -0.05) is 0 Å². The zero-order chi connectivity index (χ0) is 16.9. The summed E-state index contributed by atoms with van der Waals surface area (Å²) >= 11 is 0. The van der Waals surface area contributed by atoms with Crippen LogP contribution in [-0.4, -0.2) is 18.5 Å². The van der Waals surface area contributed by atoms with Crippen molar-refractivity contribution < 1.29 is 43.9 Å². The molecule has 2 aliphatic carbocycles. The Morgan fingerprint density at radius 1 is 0.455 bits per heavy atom. The lowest BCUT2D eigenvalue weighted by Gasteiger charge is -2.28. The molecule has 0 radical (unpaired) electrons. The molecule has 122 valence electrons. The number of hydrogen-bond acceptors (Lipinski definition) is 0. The number of halogens is 10. The third kappa shape index (κ3) is 2.15. The van der Waals surface area contributed by atoms with E-state index < -0.39 is 70.8 Å². The summed E-state index contributed by atoms with van der Waals surface area (Å²) in [5.74, 6) is -20.9. The van der Waals surface area contributed by atoms with E-state index in [0.717, 1.165) is 0 Å². The Labute approximate surface area is 116 Å². The minimum atomic E-state index is -3.48. The molecule has 0 aromatic carbocycles. The monoisotopic (exact) mass is 338 g/mol. The normalized spacial score (nSPS) is 34.1. The fraction of sp³-hybridized carbons (Fsp3) is 0.333. The summed E-state index contributed by atoms with van der Waals surface area (Å²) in [7, 11) is 0. The van der Waals surface area contributed by atoms with Crippen LogP contribution in [0.25, 0.3) is 0 Å². The quantitative estimate of drug-likeness (QED) is 0.568. The molecule has 0 nitrogen and oxygen atoms in total. The maximum Gasteiger partial charge on any atom is 0.196 e. The van der Waals surface area contributed by atoms with E-state index in [1.807, 2.05) is 0 Å². The van der Waals surface area contributed by atoms with Crippen LogP contribution in [0.2, 0.25) is 0 Å². The highest BCUT2D eigenvalue weighted by Gasteiger charge is 2.49. The summed E-state index contributed by atoms with van der Waals surface area (Å²) in [4.78, 5) is 0. The Morgan fingerprint density at radius 2 is 0.864 bits per heavy atom. The SMILES string of the molecule is FC1=C(F)C(F)C(F)C(F)=C1C1C(F)=C(F)C(F)=C(F)C1F. The van der Waals surface area contributed by atoms with Crippen molar-refractivity contribution in [2.75, 3.05) is 0 Å². The second-order valence-corrected chi connectivity index (χ2v) is 4.43. The van der Waals surface area contributed by atoms with E-state index in [1.165, 1.54) is 0 Å². The third-order valence-electron chi connectivity index (χ3n) is 3.18. The molecule has 0 aromatic rings. The lowest BCUT2D eigenvalue weighted by atomic mass is 9.83. The van der Waals surface area contributed by atoms with E-state index in [0.29, 0.717) is 0 Å². The highest BCUT2D eigenvalue weighted by Crippen LogP contribution is 2.49. The van der Waals surface area contributed by atoms with E-state index in [9.17, 15) is 43.9 Å². The molecule has 0 amide bonds. The summed E-state index contributed by atoms with van der Waals surface area (Å²) < 4.78 is 132. The molecule has 4 atom stereocenters. The van der Waals surface area contributed by atoms with Gasteiger partial charge in [0.25, 0.3) is 0 Å². The molecular weight excluding hydrogens is 334 g/mol. The van der Waals surface area contributed by atoms with E-state index in [2.05, 4.69) is 0 Å². The fourth-order valence-corrected chi connectivity index (χ4v) is 2.06. The molecule has 0 fully saturated rings. The topological polar surface area (TPSA) is 0 Å². The molecular formula is C12H4F10. The van der Waals surface area contributed by atoms with Gasteiger partial charge >= 0.3 is 0 Å². The smallest absolute Gasteiger partial charge is 0.196 e. The van der Waals surface area contributed by atoms with Gasteiger partial charge in [0.05, 0.1) is 5.92 Å². The largest absolute Gasteiger partial charge is 0.238 e. The second kappa shape index (κ2) is 5.47. The Kier molecular flexibility index (Phi) is 4.14. The van der Waals surface area contributed by atoms with Gasteiger partial charge < -0.3 is 0 Å². The predicted molar refractivity (Wildman–Crippen MR) is 54.0 cm³/mol. The standard InChI is InChI=1S/C12H4F10/c13-3-1(4(14)8(18)11(21)7(3)17)2-5(15)9(19)12(22)10(20)6(2)16/h1,3,9,12H. The van der Waals surface area contributed by atoms with Crippen LogP contribution in [0.1, 0.15) is 0 Å². The molecule has 0 aliphatic heterocycles. The van der Waals surface area contributed by atoms with Crippen molar-refractivity contribution in [1.29, 1.82) is 0 Å². The molecule has 2 aliphatic rings. The molecule has 0 heterocycles. The molecule has 4 unspecified atom stereocenters. The zero-order valence-electron chi connectivity index (χ0n) is 10.1. The first-order valence-electron chi connectivity index (χ1n) is 5.59. The van der Waals surface area contributed by atoms with Gasteiger partial charge in [-0.05, 0) is 0 Å². The summed E-state index contributed by atoms with van der Waals surface area (Å²) in [5, 5.41) is 0. The van der Waals surface area contributed by atoms with Gasteiger partial charge in [0.2, 0.25) is 0 Å². The third-order valence-corrected chi connectivity index (χ3v) is 3.18. The summed E-state index contributed by atoms with van der Waals surface area (Å²) in [5.41, 5.74) is -2.08. The van der Waals surface area contributed by atoms with Crippen LogP contribution in [0.4, 0.5) is 43.9 Å². The lowest BCUT2D eigenvalue weighted by molar-refractivity contribution is 0.155.